The summed E-state index contributed by atoms with van der Waals surface area (Å²) >= 11 is 1.60. The topological polar surface area (TPSA) is 119 Å². The fraction of sp³-hybridized carbons (Fsp3) is 0.0833. The summed E-state index contributed by atoms with van der Waals surface area (Å²) in [5, 5.41) is 16.9. The van der Waals surface area contributed by atoms with Crippen molar-refractivity contribution in [1.29, 1.82) is 0 Å². The number of phenols is 1. The van der Waals surface area contributed by atoms with Gasteiger partial charge in [-0.25, -0.2) is 15.0 Å². The first kappa shape index (κ1) is 20.7. The zero-order chi connectivity index (χ0) is 22.8. The molecule has 164 valence electrons. The number of amides is 1. The average molecular weight is 457 g/mol. The number of thiophene rings is 1. The van der Waals surface area contributed by atoms with E-state index in [1.54, 1.807) is 54.1 Å². The number of hydrogen-bond donors (Lipinski definition) is 3. The molecule has 1 amide bonds. The molecule has 0 radical (unpaired) electrons. The summed E-state index contributed by atoms with van der Waals surface area (Å²) < 4.78 is 1.93. The molecule has 0 fully saturated rings. The van der Waals surface area contributed by atoms with Gasteiger partial charge in [-0.2, -0.15) is 11.3 Å². The number of imidazole rings is 1. The highest BCUT2D eigenvalue weighted by Crippen LogP contribution is 2.27. The van der Waals surface area contributed by atoms with Crippen LogP contribution in [0.25, 0.3) is 28.2 Å². The Morgan fingerprint density at radius 1 is 1.06 bits per heavy atom. The van der Waals surface area contributed by atoms with E-state index in [9.17, 15) is 9.90 Å². The number of rotatable bonds is 7. The fourth-order valence-electron chi connectivity index (χ4n) is 3.51. The van der Waals surface area contributed by atoms with E-state index in [0.29, 0.717) is 34.9 Å². The Morgan fingerprint density at radius 3 is 2.55 bits per heavy atom. The average Bonchev–Trinajstić information content (AvgIpc) is 3.50. The predicted molar refractivity (Wildman–Crippen MR) is 129 cm³/mol. The molecule has 9 heteroatoms. The van der Waals surface area contributed by atoms with Crippen LogP contribution in [0.3, 0.4) is 0 Å². The van der Waals surface area contributed by atoms with Crippen molar-refractivity contribution in [3.63, 3.8) is 0 Å². The van der Waals surface area contributed by atoms with Gasteiger partial charge < -0.3 is 16.2 Å². The van der Waals surface area contributed by atoms with Gasteiger partial charge in [0.1, 0.15) is 12.1 Å². The molecule has 0 aliphatic heterocycles. The van der Waals surface area contributed by atoms with Crippen LogP contribution >= 0.6 is 11.3 Å². The van der Waals surface area contributed by atoms with Gasteiger partial charge in [-0.05, 0) is 47.7 Å². The summed E-state index contributed by atoms with van der Waals surface area (Å²) in [5.74, 6) is 0.907. The number of carbonyl (C=O) groups excluding carboxylic acids is 1. The van der Waals surface area contributed by atoms with Crippen molar-refractivity contribution < 1.29 is 9.90 Å². The number of hydrogen-bond acceptors (Lipinski definition) is 7. The maximum atomic E-state index is 11.4. The van der Waals surface area contributed by atoms with Gasteiger partial charge in [-0.3, -0.25) is 9.36 Å². The maximum absolute atomic E-state index is 11.4. The number of primary amides is 1. The van der Waals surface area contributed by atoms with Crippen LogP contribution in [0, 0.1) is 0 Å². The van der Waals surface area contributed by atoms with Crippen LogP contribution in [0.5, 0.6) is 5.75 Å². The molecule has 0 saturated heterocycles. The van der Waals surface area contributed by atoms with Crippen molar-refractivity contribution in [3.05, 3.63) is 82.8 Å². The smallest absolute Gasteiger partial charge is 0.248 e. The monoisotopic (exact) mass is 456 g/mol. The first-order chi connectivity index (χ1) is 16.1. The number of nitrogens with zero attached hydrogens (tertiary/aromatic N) is 4. The molecule has 0 spiro atoms. The molecule has 8 nitrogen and oxygen atoms in total. The molecule has 0 saturated carbocycles. The number of aromatic hydroxyl groups is 1. The lowest BCUT2D eigenvalue weighted by Crippen LogP contribution is -2.10. The van der Waals surface area contributed by atoms with Gasteiger partial charge in [0.15, 0.2) is 22.8 Å². The summed E-state index contributed by atoms with van der Waals surface area (Å²) in [4.78, 5) is 25.5. The lowest BCUT2D eigenvalue weighted by Gasteiger charge is -2.10. The lowest BCUT2D eigenvalue weighted by molar-refractivity contribution is 0.100. The molecule has 33 heavy (non-hydrogen) atoms. The number of fused-ring (bicyclic) bond motifs is 1. The van der Waals surface area contributed by atoms with Gasteiger partial charge in [0, 0.05) is 23.1 Å². The van der Waals surface area contributed by atoms with Crippen molar-refractivity contribution in [2.45, 2.75) is 6.42 Å². The lowest BCUT2D eigenvalue weighted by atomic mass is 10.1. The van der Waals surface area contributed by atoms with E-state index in [1.165, 1.54) is 0 Å². The third-order valence-electron chi connectivity index (χ3n) is 5.25. The Morgan fingerprint density at radius 2 is 1.85 bits per heavy atom. The molecule has 0 unspecified atom stereocenters. The molecule has 5 rings (SSSR count). The number of phenolic OH excluding ortho intramolecular Hbond substituents is 1. The van der Waals surface area contributed by atoms with E-state index < -0.39 is 5.91 Å². The quantitative estimate of drug-likeness (QED) is 0.341. The molecule has 0 aliphatic carbocycles. The van der Waals surface area contributed by atoms with Gasteiger partial charge in [-0.15, -0.1) is 0 Å². The van der Waals surface area contributed by atoms with Crippen molar-refractivity contribution in [3.8, 4) is 22.8 Å². The molecule has 0 atom stereocenters. The molecule has 0 aliphatic rings. The number of carbonyl (C=O) groups is 1. The standard InChI is InChI=1S/C24H20N6O2S/c25-21(32)16-3-5-17(6-4-16)22-28-23(26-11-9-15-1-7-19(31)8-2-15)20-24(29-22)30(14-27-20)18-10-12-33-13-18/h1-8,10,12-14,31H,9,11H2,(H2,25,32)(H,26,28,29). The maximum Gasteiger partial charge on any atom is 0.248 e. The SMILES string of the molecule is NC(=O)c1ccc(-c2nc(NCCc3ccc(O)cc3)c3ncn(-c4ccsc4)c3n2)cc1. The molecular formula is C24H20N6O2S. The second-order valence-electron chi connectivity index (χ2n) is 7.45. The van der Waals surface area contributed by atoms with E-state index >= 15 is 0 Å². The minimum atomic E-state index is -0.481. The molecular weight excluding hydrogens is 436 g/mol. The first-order valence-corrected chi connectivity index (χ1v) is 11.2. The molecule has 5 aromatic rings. The van der Waals surface area contributed by atoms with Gasteiger partial charge in [0.2, 0.25) is 5.91 Å². The second kappa shape index (κ2) is 8.71. The Labute approximate surface area is 193 Å². The van der Waals surface area contributed by atoms with Gasteiger partial charge >= 0.3 is 0 Å². The number of nitrogens with two attached hydrogens (primary N) is 1. The van der Waals surface area contributed by atoms with E-state index in [0.717, 1.165) is 23.2 Å². The summed E-state index contributed by atoms with van der Waals surface area (Å²) in [5.41, 5.74) is 9.99. The van der Waals surface area contributed by atoms with Crippen molar-refractivity contribution in [2.75, 3.05) is 11.9 Å². The minimum absolute atomic E-state index is 0.246. The van der Waals surface area contributed by atoms with Crippen LogP contribution in [0.2, 0.25) is 0 Å². The number of benzene rings is 2. The fourth-order valence-corrected chi connectivity index (χ4v) is 4.14. The van der Waals surface area contributed by atoms with Gasteiger partial charge in [0.25, 0.3) is 0 Å². The Kier molecular flexibility index (Phi) is 5.45. The van der Waals surface area contributed by atoms with Gasteiger partial charge in [-0.1, -0.05) is 24.3 Å². The summed E-state index contributed by atoms with van der Waals surface area (Å²) in [7, 11) is 0. The summed E-state index contributed by atoms with van der Waals surface area (Å²) in [6, 6.07) is 16.0. The molecule has 3 aromatic heterocycles. The summed E-state index contributed by atoms with van der Waals surface area (Å²) in [6.45, 7) is 0.627. The van der Waals surface area contributed by atoms with E-state index in [2.05, 4.69) is 10.3 Å². The molecule has 4 N–H and O–H groups in total. The first-order valence-electron chi connectivity index (χ1n) is 10.3. The summed E-state index contributed by atoms with van der Waals surface area (Å²) in [6.07, 6.45) is 2.49. The minimum Gasteiger partial charge on any atom is -0.508 e. The second-order valence-corrected chi connectivity index (χ2v) is 8.23. The van der Waals surface area contributed by atoms with Crippen LogP contribution in [-0.2, 0) is 6.42 Å². The Balaban J connectivity index is 1.52. The van der Waals surface area contributed by atoms with Crippen LogP contribution in [0.1, 0.15) is 15.9 Å². The van der Waals surface area contributed by atoms with E-state index in [1.807, 2.05) is 33.5 Å². The van der Waals surface area contributed by atoms with Crippen molar-refractivity contribution in [2.24, 2.45) is 5.73 Å². The highest BCUT2D eigenvalue weighted by Gasteiger charge is 2.16. The number of aromatic nitrogens is 4. The largest absolute Gasteiger partial charge is 0.508 e. The van der Waals surface area contributed by atoms with Crippen LogP contribution in [0.15, 0.2) is 71.7 Å². The normalized spacial score (nSPS) is 11.0. The third kappa shape index (κ3) is 4.26. The van der Waals surface area contributed by atoms with Crippen molar-refractivity contribution >= 4 is 34.2 Å². The highest BCUT2D eigenvalue weighted by molar-refractivity contribution is 7.08. The van der Waals surface area contributed by atoms with Crippen LogP contribution in [0.4, 0.5) is 5.82 Å². The van der Waals surface area contributed by atoms with Crippen LogP contribution < -0.4 is 11.1 Å². The van der Waals surface area contributed by atoms with Crippen molar-refractivity contribution in [1.82, 2.24) is 19.5 Å². The molecule has 0 bridgehead atoms. The van der Waals surface area contributed by atoms with E-state index in [-0.39, 0.29) is 5.75 Å². The Hall–Kier alpha value is -4.24. The highest BCUT2D eigenvalue weighted by atomic mass is 32.1. The Bertz CT molecular complexity index is 1410. The zero-order valence-electron chi connectivity index (χ0n) is 17.5. The van der Waals surface area contributed by atoms with E-state index in [4.69, 9.17) is 15.7 Å². The molecule has 2 aromatic carbocycles. The third-order valence-corrected chi connectivity index (χ3v) is 5.92. The number of nitrogens with one attached hydrogen (secondary N) is 1. The zero-order valence-corrected chi connectivity index (χ0v) is 18.3. The van der Waals surface area contributed by atoms with Gasteiger partial charge in [0.05, 0.1) is 5.69 Å². The number of anilines is 1. The predicted octanol–water partition coefficient (Wildman–Crippen LogP) is 4.00. The molecule has 3 heterocycles. The van der Waals surface area contributed by atoms with Crippen LogP contribution in [-0.4, -0.2) is 37.1 Å².